The number of rotatable bonds is 21. The summed E-state index contributed by atoms with van der Waals surface area (Å²) in [5, 5.41) is 55.1. The van der Waals surface area contributed by atoms with E-state index >= 15 is 0 Å². The Morgan fingerprint density at radius 3 is 1.45 bits per heavy atom. The number of carbonyl (C=O) groups excluding carboxylic acids is 4. The van der Waals surface area contributed by atoms with Crippen molar-refractivity contribution in [2.24, 2.45) is 11.8 Å². The topological polar surface area (TPSA) is 457 Å². The van der Waals surface area contributed by atoms with Crippen LogP contribution in [-0.2, 0) is 59.0 Å². The second-order valence-corrected chi connectivity index (χ2v) is 30.8. The maximum absolute atomic E-state index is 12.9. The van der Waals surface area contributed by atoms with Crippen LogP contribution >= 0.6 is 18.2 Å². The summed E-state index contributed by atoms with van der Waals surface area (Å²) in [6, 6.07) is 33.5. The lowest BCUT2D eigenvalue weighted by Gasteiger charge is -2.32. The summed E-state index contributed by atoms with van der Waals surface area (Å²) in [6.45, 7) is 8.41. The zero-order valence-corrected chi connectivity index (χ0v) is 66.4. The molecule has 10 heterocycles. The number of fused-ring (bicyclic) bond motifs is 3. The van der Waals surface area contributed by atoms with Crippen LogP contribution in [0.4, 0.5) is 11.6 Å². The van der Waals surface area contributed by atoms with Crippen molar-refractivity contribution in [3.63, 3.8) is 0 Å². The van der Waals surface area contributed by atoms with E-state index in [0.717, 1.165) is 0 Å². The molecule has 0 bridgehead atoms. The fourth-order valence-corrected chi connectivity index (χ4v) is 16.0. The minimum absolute atomic E-state index is 0.122. The number of imidazole rings is 3. The summed E-state index contributed by atoms with van der Waals surface area (Å²) in [5.41, 5.74) is 7.61. The van der Waals surface area contributed by atoms with Crippen molar-refractivity contribution in [2.75, 3.05) is 24.7 Å². The first-order chi connectivity index (χ1) is 56.0. The lowest BCUT2D eigenvalue weighted by Crippen LogP contribution is -2.48. The predicted molar refractivity (Wildman–Crippen MR) is 426 cm³/mol. The summed E-state index contributed by atoms with van der Waals surface area (Å²) in [6.07, 6.45) is 21.5. The smallest absolute Gasteiger partial charge is 0.340 e. The standard InChI is InChI=1S/C24H29N6O7PS.C23H22O5.C21H19ClN4O3.C12H13N5O4/c1-5-24(33)19(31)17(36-23(24)30-13-28-18-20(25)26-12-27-21(18)30)11-34-38(39,37-16-9-7-6-8-10-16)29-15(4)22(32)35-14(2)3;1-4-19-16(3)23(5-2,28-21(25)18-14-10-7-11-15-18)22(26-19)27-20(24)17-12-8-6-9-13-17;1-4-15-13(3)21(5-2,29-19(27)14-9-7-6-8-10-14)20(28-15)26-12-25-16-17(22)23-11-24-18(16)26;1-2-12(20)8(19)6(3-18)21-11(12)17-5-16-7-9(13)14-4-15-10(7)17/h1,6-10,12-15,17,19,23,31,33H,11H2,2-4H3,(H,29,39)(H2,25,26,27);2,6-16,19,22H,4H2,1,3H3;2,6-13,15,20H,4H2,1,3H3;1,4-6,8,11,18-20H,3H2,(H2,13,14,15)/t15-,17+,19+,23+,24+,38?;16-,19-,22-,23-;13-,15-,20-,21-;6-,8-,11-,12-/m0111/s1. The third kappa shape index (κ3) is 17.7. The van der Waals surface area contributed by atoms with Crippen LogP contribution in [0.15, 0.2) is 159 Å². The number of aromatic nitrogens is 12. The van der Waals surface area contributed by atoms with Crippen molar-refractivity contribution in [1.82, 2.24) is 63.6 Å². The molecule has 10 N–H and O–H groups in total. The van der Waals surface area contributed by atoms with Crippen LogP contribution in [-0.4, -0.2) is 199 Å². The number of nitrogens with one attached hydrogen (secondary N) is 1. The van der Waals surface area contributed by atoms with Crippen LogP contribution in [0, 0.1) is 61.2 Å². The van der Waals surface area contributed by atoms with E-state index in [9.17, 15) is 44.7 Å². The van der Waals surface area contributed by atoms with Crippen molar-refractivity contribution in [3.8, 4) is 55.1 Å². The van der Waals surface area contributed by atoms with Crippen LogP contribution in [0.5, 0.6) is 5.75 Å². The van der Waals surface area contributed by atoms with E-state index in [2.05, 4.69) is 73.6 Å². The molecule has 4 aliphatic rings. The quantitative estimate of drug-likeness (QED) is 0.0120. The van der Waals surface area contributed by atoms with Gasteiger partial charge in [0.05, 0.1) is 67.2 Å². The molecule has 37 heteroatoms. The molecule has 0 saturated carbocycles. The average molecular weight is 1660 g/mol. The minimum atomic E-state index is -3.45. The fourth-order valence-electron chi connectivity index (χ4n) is 13.4. The molecule has 4 aliphatic heterocycles. The molecule has 0 spiro atoms. The van der Waals surface area contributed by atoms with Gasteiger partial charge < -0.3 is 83.9 Å². The molecule has 4 fully saturated rings. The van der Waals surface area contributed by atoms with E-state index in [1.54, 1.807) is 141 Å². The van der Waals surface area contributed by atoms with Gasteiger partial charge in [0.25, 0.3) is 6.29 Å². The highest BCUT2D eigenvalue weighted by Gasteiger charge is 2.61. The number of carbonyl (C=O) groups is 4. The van der Waals surface area contributed by atoms with Gasteiger partial charge in [-0.15, -0.1) is 25.7 Å². The number of esters is 4. The molecule has 10 aromatic rings. The number of hydrogen-bond acceptors (Lipinski definition) is 31. The normalized spacial score (nSPS) is 27.0. The highest BCUT2D eigenvalue weighted by molar-refractivity contribution is 8.09. The molecule has 0 radical (unpaired) electrons. The number of aliphatic hydroxyl groups is 5. The number of nitrogen functional groups attached to an aromatic ring is 2. The van der Waals surface area contributed by atoms with E-state index in [1.165, 1.54) is 47.1 Å². The summed E-state index contributed by atoms with van der Waals surface area (Å²) in [5.74, 6) is 7.42. The molecule has 6 aromatic heterocycles. The number of hydrogen-bond donors (Lipinski definition) is 8. The highest BCUT2D eigenvalue weighted by atomic mass is 35.5. The Balaban J connectivity index is 0.000000157. The van der Waals surface area contributed by atoms with Gasteiger partial charge in [-0.3, -0.25) is 18.5 Å². The Bertz CT molecular complexity index is 5430. The fraction of sp³-hybridized carbons (Fsp3) is 0.362. The zero-order valence-electron chi connectivity index (χ0n) is 63.9. The SMILES string of the molecule is C#C[C@@]1(O)[C@H](O)[C@@H](CO)O[C@H]1n1cnc2c(N)ncnc21.C#C[C@@]1(O)[C@H](O)[C@@H](COP(=S)(N[C@@H](C)C(=O)OC(C)C)Oc2ccccc2)O[C@H]1n1cnc2c(N)ncnc21.C#C[C@@]1(OC(=O)c2ccccc2)[C@H](C)[C@@H](CC)O[C@H]1n1cnc2c(Cl)ncnc21.C#C[C@]1(OC(=O)c2ccccc2)[C@@H](OC(=O)c2ccccc2)O[C@H](CC)[C@H]1C. The van der Waals surface area contributed by atoms with Crippen molar-refractivity contribution < 1.29 is 91.7 Å². The lowest BCUT2D eigenvalue weighted by atomic mass is 9.85. The molecule has 0 amide bonds. The first kappa shape index (κ1) is 86.4. The van der Waals surface area contributed by atoms with E-state index in [4.69, 9.17) is 108 Å². The second-order valence-electron chi connectivity index (χ2n) is 27.3. The van der Waals surface area contributed by atoms with Gasteiger partial charge in [-0.1, -0.05) is 136 Å². The highest BCUT2D eigenvalue weighted by Crippen LogP contribution is 2.50. The summed E-state index contributed by atoms with van der Waals surface area (Å²) in [4.78, 5) is 87.2. The number of terminal acetylenes is 4. The Morgan fingerprint density at radius 2 is 0.983 bits per heavy atom. The monoisotopic (exact) mass is 1660 g/mol. The summed E-state index contributed by atoms with van der Waals surface area (Å²) >= 11 is 11.8. The predicted octanol–water partition coefficient (Wildman–Crippen LogP) is 6.80. The van der Waals surface area contributed by atoms with E-state index in [1.807, 2.05) is 33.8 Å². The number of para-hydroxylation sites is 1. The molecule has 117 heavy (non-hydrogen) atoms. The van der Waals surface area contributed by atoms with Crippen molar-refractivity contribution in [1.29, 1.82) is 0 Å². The largest absolute Gasteiger partial charge is 0.462 e. The summed E-state index contributed by atoms with van der Waals surface area (Å²) in [7, 11) is 0. The van der Waals surface area contributed by atoms with Gasteiger partial charge >= 0.3 is 30.5 Å². The number of halogens is 1. The summed E-state index contributed by atoms with van der Waals surface area (Å²) < 4.78 is 62.4. The molecule has 14 rings (SSSR count). The first-order valence-electron chi connectivity index (χ1n) is 36.5. The van der Waals surface area contributed by atoms with E-state index < -0.39 is 115 Å². The number of anilines is 2. The third-order valence-electron chi connectivity index (χ3n) is 19.7. The molecular formula is C80H83ClN15O19PS. The van der Waals surface area contributed by atoms with Crippen molar-refractivity contribution >= 4 is 99.1 Å². The molecule has 18 atom stereocenters. The second kappa shape index (κ2) is 36.8. The van der Waals surface area contributed by atoms with Gasteiger partial charge in [-0.25, -0.2) is 64.3 Å². The van der Waals surface area contributed by atoms with Crippen LogP contribution in [0.1, 0.15) is 111 Å². The van der Waals surface area contributed by atoms with Crippen molar-refractivity contribution in [3.05, 3.63) is 181 Å². The van der Waals surface area contributed by atoms with Crippen LogP contribution in [0.25, 0.3) is 33.5 Å². The molecule has 4 saturated heterocycles. The Morgan fingerprint density at radius 1 is 0.573 bits per heavy atom. The molecule has 34 nitrogen and oxygen atoms in total. The molecule has 610 valence electrons. The number of nitrogens with zero attached hydrogens (tertiary/aromatic N) is 12. The molecule has 0 aliphatic carbocycles. The van der Waals surface area contributed by atoms with Crippen LogP contribution < -0.4 is 21.1 Å². The third-order valence-corrected chi connectivity index (χ3v) is 22.5. The maximum Gasteiger partial charge on any atom is 0.340 e. The number of ether oxygens (including phenoxy) is 8. The van der Waals surface area contributed by atoms with Gasteiger partial charge in [0, 0.05) is 11.8 Å². The lowest BCUT2D eigenvalue weighted by molar-refractivity contribution is -0.156. The van der Waals surface area contributed by atoms with Gasteiger partial charge in [0.2, 0.25) is 11.2 Å². The van der Waals surface area contributed by atoms with E-state index in [0.29, 0.717) is 57.6 Å². The van der Waals surface area contributed by atoms with Gasteiger partial charge in [0.15, 0.2) is 63.6 Å². The number of aliphatic hydroxyl groups excluding tert-OH is 3. The average Bonchev–Trinajstić information content (AvgIpc) is 1.59. The van der Waals surface area contributed by atoms with Crippen LogP contribution in [0.3, 0.4) is 0 Å². The van der Waals surface area contributed by atoms with Gasteiger partial charge in [-0.2, -0.15) is 0 Å². The minimum Gasteiger partial charge on any atom is -0.462 e. The van der Waals surface area contributed by atoms with Crippen molar-refractivity contribution in [2.45, 2.75) is 157 Å². The Labute approximate surface area is 681 Å². The Kier molecular flexibility index (Phi) is 27.2. The molecule has 4 aromatic carbocycles. The Hall–Kier alpha value is -11.5. The first-order valence-corrected chi connectivity index (χ1v) is 39.5. The zero-order chi connectivity index (χ0) is 84.3. The van der Waals surface area contributed by atoms with Gasteiger partial charge in [0.1, 0.15) is 71.7 Å². The van der Waals surface area contributed by atoms with E-state index in [-0.39, 0.29) is 64.7 Å². The van der Waals surface area contributed by atoms with Crippen LogP contribution in [0.2, 0.25) is 5.15 Å². The van der Waals surface area contributed by atoms with Gasteiger partial charge in [-0.05, 0) is 94.0 Å². The maximum atomic E-state index is 12.9. The molecule has 1 unspecified atom stereocenters. The number of nitrogens with two attached hydrogens (primary N) is 2. The molecular weight excluding hydrogens is 1570 g/mol. The number of benzene rings is 4.